The Bertz CT molecular complexity index is 845. The zero-order valence-electron chi connectivity index (χ0n) is 13.5. The Morgan fingerprint density at radius 2 is 2.16 bits per heavy atom. The molecule has 0 bridgehead atoms. The summed E-state index contributed by atoms with van der Waals surface area (Å²) in [5.41, 5.74) is 7.45. The topological polar surface area (TPSA) is 131 Å². The highest BCUT2D eigenvalue weighted by Gasteiger charge is 2.24. The standard InChI is InChI=1S/C16H17N5O4/c1-9(22)21-6-5-10-11(3-2-4-13(10)21)20-16(24)18-7-14-19-12(8-25-14)15(17)23/h2-4,8H,5-7H2,1H3,(H2,17,23)(H2,18,20,24). The molecular weight excluding hydrogens is 326 g/mol. The lowest BCUT2D eigenvalue weighted by molar-refractivity contribution is -0.116. The SMILES string of the molecule is CC(=O)N1CCc2c(NC(=O)NCc3nc(C(N)=O)co3)cccc21. The lowest BCUT2D eigenvalue weighted by Crippen LogP contribution is -2.28. The molecule has 1 aliphatic heterocycles. The fraction of sp³-hybridized carbons (Fsp3) is 0.250. The summed E-state index contributed by atoms with van der Waals surface area (Å²) in [5, 5.41) is 5.34. The van der Waals surface area contributed by atoms with E-state index in [0.717, 1.165) is 17.5 Å². The van der Waals surface area contributed by atoms with Crippen LogP contribution in [0.5, 0.6) is 0 Å². The van der Waals surface area contributed by atoms with Gasteiger partial charge >= 0.3 is 6.03 Å². The van der Waals surface area contributed by atoms with Crippen molar-refractivity contribution in [2.75, 3.05) is 16.8 Å². The van der Waals surface area contributed by atoms with Gasteiger partial charge in [0.15, 0.2) is 5.69 Å². The number of nitrogens with one attached hydrogen (secondary N) is 2. The van der Waals surface area contributed by atoms with Gasteiger partial charge in [-0.2, -0.15) is 0 Å². The molecule has 130 valence electrons. The Morgan fingerprint density at radius 3 is 2.84 bits per heavy atom. The van der Waals surface area contributed by atoms with Crippen molar-refractivity contribution >= 4 is 29.2 Å². The monoisotopic (exact) mass is 343 g/mol. The zero-order chi connectivity index (χ0) is 18.0. The second kappa shape index (κ2) is 6.63. The Labute approximate surface area is 143 Å². The van der Waals surface area contributed by atoms with E-state index in [0.29, 0.717) is 18.7 Å². The first-order valence-corrected chi connectivity index (χ1v) is 7.64. The highest BCUT2D eigenvalue weighted by molar-refractivity contribution is 5.97. The van der Waals surface area contributed by atoms with Crippen molar-refractivity contribution in [3.63, 3.8) is 0 Å². The minimum absolute atomic E-state index is 0.00223. The average molecular weight is 343 g/mol. The molecule has 0 spiro atoms. The van der Waals surface area contributed by atoms with Crippen LogP contribution in [0.3, 0.4) is 0 Å². The number of carbonyl (C=O) groups is 3. The van der Waals surface area contributed by atoms with Crippen LogP contribution in [0.25, 0.3) is 0 Å². The van der Waals surface area contributed by atoms with Crippen molar-refractivity contribution in [2.45, 2.75) is 19.9 Å². The Morgan fingerprint density at radius 1 is 1.36 bits per heavy atom. The second-order valence-corrected chi connectivity index (χ2v) is 5.52. The maximum atomic E-state index is 12.1. The summed E-state index contributed by atoms with van der Waals surface area (Å²) in [7, 11) is 0. The van der Waals surface area contributed by atoms with Gasteiger partial charge in [0, 0.05) is 30.4 Å². The Kier molecular flexibility index (Phi) is 4.38. The van der Waals surface area contributed by atoms with Crippen LogP contribution in [-0.4, -0.2) is 29.4 Å². The number of hydrogen-bond donors (Lipinski definition) is 3. The third kappa shape index (κ3) is 3.44. The number of urea groups is 1. The lowest BCUT2D eigenvalue weighted by Gasteiger charge is -2.15. The van der Waals surface area contributed by atoms with E-state index >= 15 is 0 Å². The molecule has 2 heterocycles. The third-order valence-electron chi connectivity index (χ3n) is 3.86. The van der Waals surface area contributed by atoms with Crippen molar-refractivity contribution in [1.29, 1.82) is 0 Å². The van der Waals surface area contributed by atoms with Crippen LogP contribution in [0, 0.1) is 0 Å². The van der Waals surface area contributed by atoms with Gasteiger partial charge in [-0.15, -0.1) is 0 Å². The van der Waals surface area contributed by atoms with Crippen LogP contribution in [0.4, 0.5) is 16.2 Å². The summed E-state index contributed by atoms with van der Waals surface area (Å²) in [6.07, 6.45) is 1.81. The smallest absolute Gasteiger partial charge is 0.319 e. The van der Waals surface area contributed by atoms with Crippen LogP contribution in [-0.2, 0) is 17.8 Å². The van der Waals surface area contributed by atoms with Crippen molar-refractivity contribution in [2.24, 2.45) is 5.73 Å². The molecule has 1 aromatic carbocycles. The summed E-state index contributed by atoms with van der Waals surface area (Å²) in [6, 6.07) is 4.96. The van der Waals surface area contributed by atoms with Crippen molar-refractivity contribution in [3.05, 3.63) is 41.6 Å². The highest BCUT2D eigenvalue weighted by atomic mass is 16.3. The molecule has 0 fully saturated rings. The number of nitrogens with zero attached hydrogens (tertiary/aromatic N) is 2. The predicted molar refractivity (Wildman–Crippen MR) is 89.1 cm³/mol. The van der Waals surface area contributed by atoms with Gasteiger partial charge in [-0.3, -0.25) is 9.59 Å². The number of aromatic nitrogens is 1. The maximum Gasteiger partial charge on any atom is 0.319 e. The molecule has 2 aromatic rings. The fourth-order valence-corrected chi connectivity index (χ4v) is 2.71. The third-order valence-corrected chi connectivity index (χ3v) is 3.86. The molecular formula is C16H17N5O4. The zero-order valence-corrected chi connectivity index (χ0v) is 13.5. The van der Waals surface area contributed by atoms with Crippen LogP contribution in [0.1, 0.15) is 28.9 Å². The van der Waals surface area contributed by atoms with Gasteiger partial charge in [0.2, 0.25) is 11.8 Å². The fourth-order valence-electron chi connectivity index (χ4n) is 2.71. The normalized spacial score (nSPS) is 12.6. The van der Waals surface area contributed by atoms with Gasteiger partial charge in [-0.25, -0.2) is 9.78 Å². The maximum absolute atomic E-state index is 12.1. The van der Waals surface area contributed by atoms with Crippen LogP contribution < -0.4 is 21.3 Å². The summed E-state index contributed by atoms with van der Waals surface area (Å²) in [4.78, 5) is 40.2. The minimum Gasteiger partial charge on any atom is -0.446 e. The molecule has 0 atom stereocenters. The molecule has 9 heteroatoms. The number of nitrogens with two attached hydrogens (primary N) is 1. The second-order valence-electron chi connectivity index (χ2n) is 5.52. The number of carbonyl (C=O) groups excluding carboxylic acids is 3. The highest BCUT2D eigenvalue weighted by Crippen LogP contribution is 2.33. The number of hydrogen-bond acceptors (Lipinski definition) is 5. The van der Waals surface area contributed by atoms with Crippen LogP contribution >= 0.6 is 0 Å². The summed E-state index contributed by atoms with van der Waals surface area (Å²) >= 11 is 0. The molecule has 9 nitrogen and oxygen atoms in total. The van der Waals surface area contributed by atoms with Gasteiger partial charge in [0.05, 0.1) is 6.54 Å². The quantitative estimate of drug-likeness (QED) is 0.762. The molecule has 25 heavy (non-hydrogen) atoms. The van der Waals surface area contributed by atoms with Gasteiger partial charge in [0.1, 0.15) is 6.26 Å². The van der Waals surface area contributed by atoms with Crippen molar-refractivity contribution < 1.29 is 18.8 Å². The van der Waals surface area contributed by atoms with E-state index in [1.165, 1.54) is 6.92 Å². The Balaban J connectivity index is 1.64. The predicted octanol–water partition coefficient (Wildman–Crippen LogP) is 1.00. The first kappa shape index (κ1) is 16.5. The molecule has 0 aliphatic carbocycles. The first-order chi connectivity index (χ1) is 12.0. The van der Waals surface area contributed by atoms with Crippen molar-refractivity contribution in [3.8, 4) is 0 Å². The number of oxazole rings is 1. The number of fused-ring (bicyclic) bond motifs is 1. The molecule has 1 aromatic heterocycles. The number of anilines is 2. The van der Waals surface area contributed by atoms with E-state index in [1.807, 2.05) is 6.07 Å². The van der Waals surface area contributed by atoms with Gasteiger partial charge in [0.25, 0.3) is 5.91 Å². The number of rotatable bonds is 4. The first-order valence-electron chi connectivity index (χ1n) is 7.64. The summed E-state index contributed by atoms with van der Waals surface area (Å²) < 4.78 is 5.04. The van der Waals surface area contributed by atoms with Crippen LogP contribution in [0.15, 0.2) is 28.9 Å². The number of primary amides is 1. The average Bonchev–Trinajstić information content (AvgIpc) is 3.20. The van der Waals surface area contributed by atoms with Crippen LogP contribution in [0.2, 0.25) is 0 Å². The molecule has 4 amide bonds. The molecule has 1 aliphatic rings. The van der Waals surface area contributed by atoms with E-state index in [1.54, 1.807) is 17.0 Å². The molecule has 3 rings (SSSR count). The lowest BCUT2D eigenvalue weighted by atomic mass is 10.1. The van der Waals surface area contributed by atoms with Gasteiger partial charge in [-0.1, -0.05) is 6.07 Å². The van der Waals surface area contributed by atoms with E-state index in [4.69, 9.17) is 10.2 Å². The van der Waals surface area contributed by atoms with E-state index in [-0.39, 0.29) is 24.0 Å². The summed E-state index contributed by atoms with van der Waals surface area (Å²) in [6.45, 7) is 2.11. The largest absolute Gasteiger partial charge is 0.446 e. The molecule has 0 radical (unpaired) electrons. The Hall–Kier alpha value is -3.36. The molecule has 0 unspecified atom stereocenters. The van der Waals surface area contributed by atoms with E-state index in [2.05, 4.69) is 15.6 Å². The molecule has 0 saturated carbocycles. The summed E-state index contributed by atoms with van der Waals surface area (Å²) in [5.74, 6) is -0.561. The minimum atomic E-state index is -0.700. The molecule has 0 saturated heterocycles. The van der Waals surface area contributed by atoms with Crippen molar-refractivity contribution in [1.82, 2.24) is 10.3 Å². The van der Waals surface area contributed by atoms with E-state index < -0.39 is 11.9 Å². The van der Waals surface area contributed by atoms with Gasteiger partial charge in [-0.05, 0) is 18.6 Å². The molecule has 4 N–H and O–H groups in total. The number of amides is 4. The number of benzene rings is 1. The van der Waals surface area contributed by atoms with Gasteiger partial charge < -0.3 is 25.7 Å². The van der Waals surface area contributed by atoms with E-state index in [9.17, 15) is 14.4 Å².